The first-order chi connectivity index (χ1) is 12.5. The van der Waals surface area contributed by atoms with Crippen molar-refractivity contribution in [3.05, 3.63) is 47.4 Å². The molecule has 0 aliphatic carbocycles. The minimum Gasteiger partial charge on any atom is -0.338 e. The average molecular weight is 367 g/mol. The lowest BCUT2D eigenvalue weighted by Gasteiger charge is -2.04. The van der Waals surface area contributed by atoms with Crippen molar-refractivity contribution in [3.63, 3.8) is 0 Å². The fourth-order valence-electron chi connectivity index (χ4n) is 2.51. The standard InChI is InChI=1S/C17H17N7OS/c1-9-10(2)19-16-21-17(22-24(16)11(9)3)26-12(4)15-20-14(23-25-15)13-5-7-18-8-6-13/h5-8,12H,1-4H3. The number of aromatic nitrogens is 7. The van der Waals surface area contributed by atoms with Crippen LogP contribution in [0.15, 0.2) is 34.2 Å². The van der Waals surface area contributed by atoms with Gasteiger partial charge in [0.05, 0.1) is 5.25 Å². The Morgan fingerprint density at radius 1 is 1.08 bits per heavy atom. The molecule has 0 aromatic carbocycles. The smallest absolute Gasteiger partial charge is 0.253 e. The van der Waals surface area contributed by atoms with Crippen LogP contribution in [0.4, 0.5) is 0 Å². The van der Waals surface area contributed by atoms with E-state index in [1.165, 1.54) is 11.8 Å². The Labute approximate surface area is 154 Å². The van der Waals surface area contributed by atoms with Gasteiger partial charge in [0, 0.05) is 29.3 Å². The third-order valence-corrected chi connectivity index (χ3v) is 5.19. The lowest BCUT2D eigenvalue weighted by Crippen LogP contribution is -2.02. The van der Waals surface area contributed by atoms with Crippen molar-refractivity contribution in [3.8, 4) is 11.4 Å². The number of hydrogen-bond donors (Lipinski definition) is 0. The van der Waals surface area contributed by atoms with Crippen LogP contribution in [0.2, 0.25) is 0 Å². The molecule has 0 amide bonds. The second-order valence-corrected chi connectivity index (χ2v) is 7.27. The first kappa shape index (κ1) is 16.6. The largest absolute Gasteiger partial charge is 0.338 e. The summed E-state index contributed by atoms with van der Waals surface area (Å²) in [6.45, 7) is 8.01. The monoisotopic (exact) mass is 367 g/mol. The lowest BCUT2D eigenvalue weighted by atomic mass is 10.2. The molecule has 9 heteroatoms. The highest BCUT2D eigenvalue weighted by molar-refractivity contribution is 7.99. The first-order valence-corrected chi connectivity index (χ1v) is 9.02. The first-order valence-electron chi connectivity index (χ1n) is 8.14. The van der Waals surface area contributed by atoms with Crippen molar-refractivity contribution in [2.24, 2.45) is 0 Å². The Morgan fingerprint density at radius 3 is 2.62 bits per heavy atom. The number of thioether (sulfide) groups is 1. The lowest BCUT2D eigenvalue weighted by molar-refractivity contribution is 0.380. The van der Waals surface area contributed by atoms with E-state index in [1.54, 1.807) is 16.9 Å². The van der Waals surface area contributed by atoms with Gasteiger partial charge in [0.15, 0.2) is 0 Å². The van der Waals surface area contributed by atoms with Crippen molar-refractivity contribution >= 4 is 17.5 Å². The van der Waals surface area contributed by atoms with Gasteiger partial charge in [-0.15, -0.1) is 5.10 Å². The van der Waals surface area contributed by atoms with Crippen LogP contribution < -0.4 is 0 Å². The van der Waals surface area contributed by atoms with E-state index >= 15 is 0 Å². The van der Waals surface area contributed by atoms with Gasteiger partial charge < -0.3 is 4.52 Å². The summed E-state index contributed by atoms with van der Waals surface area (Å²) in [5.41, 5.74) is 3.98. The van der Waals surface area contributed by atoms with Crippen molar-refractivity contribution in [2.45, 2.75) is 38.1 Å². The molecular formula is C17H17N7OS. The molecule has 0 radical (unpaired) electrons. The molecule has 0 saturated carbocycles. The van der Waals surface area contributed by atoms with E-state index in [1.807, 2.05) is 39.8 Å². The number of nitrogens with zero attached hydrogens (tertiary/aromatic N) is 7. The Kier molecular flexibility index (Phi) is 4.15. The van der Waals surface area contributed by atoms with Crippen LogP contribution in [0.25, 0.3) is 17.2 Å². The summed E-state index contributed by atoms with van der Waals surface area (Å²) in [4.78, 5) is 17.5. The zero-order valence-electron chi connectivity index (χ0n) is 14.8. The molecule has 1 unspecified atom stereocenters. The molecule has 0 spiro atoms. The Bertz CT molecular complexity index is 1070. The number of hydrogen-bond acceptors (Lipinski definition) is 8. The van der Waals surface area contributed by atoms with Gasteiger partial charge in [0.2, 0.25) is 16.9 Å². The maximum Gasteiger partial charge on any atom is 0.253 e. The van der Waals surface area contributed by atoms with Gasteiger partial charge >= 0.3 is 0 Å². The maximum absolute atomic E-state index is 5.41. The van der Waals surface area contributed by atoms with Crippen LogP contribution in [0.3, 0.4) is 0 Å². The molecule has 0 aliphatic heterocycles. The van der Waals surface area contributed by atoms with E-state index in [-0.39, 0.29) is 5.25 Å². The number of aryl methyl sites for hydroxylation is 2. The molecule has 8 nitrogen and oxygen atoms in total. The second kappa shape index (κ2) is 6.49. The summed E-state index contributed by atoms with van der Waals surface area (Å²) in [6, 6.07) is 3.68. The molecule has 4 aromatic rings. The SMILES string of the molecule is Cc1nc2nc(SC(C)c3nc(-c4ccncc4)no3)nn2c(C)c1C. The summed E-state index contributed by atoms with van der Waals surface area (Å²) in [5.74, 6) is 1.67. The minimum atomic E-state index is -0.0852. The van der Waals surface area contributed by atoms with Gasteiger partial charge in [-0.2, -0.15) is 9.97 Å². The summed E-state index contributed by atoms with van der Waals surface area (Å²) >= 11 is 1.46. The van der Waals surface area contributed by atoms with Crippen LogP contribution in [0.5, 0.6) is 0 Å². The van der Waals surface area contributed by atoms with Crippen LogP contribution in [-0.4, -0.2) is 34.7 Å². The topological polar surface area (TPSA) is 94.9 Å². The summed E-state index contributed by atoms with van der Waals surface area (Å²) in [7, 11) is 0. The normalized spacial score (nSPS) is 12.6. The molecule has 1 atom stereocenters. The molecule has 0 saturated heterocycles. The highest BCUT2D eigenvalue weighted by atomic mass is 32.2. The fraction of sp³-hybridized carbons (Fsp3) is 0.294. The van der Waals surface area contributed by atoms with E-state index in [4.69, 9.17) is 4.52 Å². The Balaban J connectivity index is 1.59. The average Bonchev–Trinajstić information content (AvgIpc) is 3.28. The van der Waals surface area contributed by atoms with Crippen LogP contribution in [0.1, 0.15) is 35.0 Å². The molecule has 0 aliphatic rings. The van der Waals surface area contributed by atoms with E-state index in [0.29, 0.717) is 22.6 Å². The molecular weight excluding hydrogens is 350 g/mol. The molecule has 4 heterocycles. The van der Waals surface area contributed by atoms with Crippen molar-refractivity contribution in [2.75, 3.05) is 0 Å². The van der Waals surface area contributed by atoms with Gasteiger partial charge in [0.1, 0.15) is 0 Å². The Hall–Kier alpha value is -2.81. The number of rotatable bonds is 4. The van der Waals surface area contributed by atoms with Gasteiger partial charge in [-0.25, -0.2) is 9.50 Å². The van der Waals surface area contributed by atoms with Crippen LogP contribution >= 0.6 is 11.8 Å². The van der Waals surface area contributed by atoms with Crippen LogP contribution in [-0.2, 0) is 0 Å². The van der Waals surface area contributed by atoms with Crippen molar-refractivity contribution in [1.82, 2.24) is 34.7 Å². The van der Waals surface area contributed by atoms with Gasteiger partial charge in [-0.1, -0.05) is 16.9 Å². The van der Waals surface area contributed by atoms with Crippen LogP contribution in [0, 0.1) is 20.8 Å². The molecule has 0 bridgehead atoms. The highest BCUT2D eigenvalue weighted by Crippen LogP contribution is 2.33. The highest BCUT2D eigenvalue weighted by Gasteiger charge is 2.20. The fourth-order valence-corrected chi connectivity index (χ4v) is 3.29. The quantitative estimate of drug-likeness (QED) is 0.507. The van der Waals surface area contributed by atoms with E-state index < -0.39 is 0 Å². The zero-order valence-corrected chi connectivity index (χ0v) is 15.7. The number of pyridine rings is 1. The summed E-state index contributed by atoms with van der Waals surface area (Å²) < 4.78 is 7.18. The Morgan fingerprint density at radius 2 is 1.85 bits per heavy atom. The number of fused-ring (bicyclic) bond motifs is 1. The van der Waals surface area contributed by atoms with Gasteiger partial charge in [-0.05, 0) is 45.4 Å². The van der Waals surface area contributed by atoms with E-state index in [9.17, 15) is 0 Å². The molecule has 26 heavy (non-hydrogen) atoms. The van der Waals surface area contributed by atoms with Gasteiger partial charge in [0.25, 0.3) is 5.78 Å². The minimum absolute atomic E-state index is 0.0852. The third kappa shape index (κ3) is 2.94. The molecule has 4 aromatic heterocycles. The molecule has 4 rings (SSSR count). The zero-order chi connectivity index (χ0) is 18.3. The van der Waals surface area contributed by atoms with Crippen molar-refractivity contribution in [1.29, 1.82) is 0 Å². The van der Waals surface area contributed by atoms with E-state index in [2.05, 4.69) is 30.2 Å². The van der Waals surface area contributed by atoms with E-state index in [0.717, 1.165) is 22.5 Å². The summed E-state index contributed by atoms with van der Waals surface area (Å²) in [5, 5.41) is 9.14. The van der Waals surface area contributed by atoms with Crippen molar-refractivity contribution < 1.29 is 4.52 Å². The molecule has 132 valence electrons. The summed E-state index contributed by atoms with van der Waals surface area (Å²) in [6.07, 6.45) is 3.40. The predicted molar refractivity (Wildman–Crippen MR) is 96.8 cm³/mol. The van der Waals surface area contributed by atoms with Gasteiger partial charge in [-0.3, -0.25) is 4.98 Å². The molecule has 0 fully saturated rings. The third-order valence-electron chi connectivity index (χ3n) is 4.25. The maximum atomic E-state index is 5.41. The molecule has 0 N–H and O–H groups in total. The second-order valence-electron chi connectivity index (χ2n) is 5.97. The predicted octanol–water partition coefficient (Wildman–Crippen LogP) is 3.35.